The predicted octanol–water partition coefficient (Wildman–Crippen LogP) is 2.25. The summed E-state index contributed by atoms with van der Waals surface area (Å²) in [7, 11) is 1.61. The van der Waals surface area contributed by atoms with Crippen molar-refractivity contribution in [2.75, 3.05) is 7.11 Å². The zero-order valence-electron chi connectivity index (χ0n) is 8.53. The zero-order chi connectivity index (χ0) is 10.6. The molecule has 0 aliphatic heterocycles. The Morgan fingerprint density at radius 1 is 1.36 bits per heavy atom. The van der Waals surface area contributed by atoms with Crippen LogP contribution in [0.1, 0.15) is 25.0 Å². The van der Waals surface area contributed by atoms with Crippen LogP contribution in [0.2, 0.25) is 0 Å². The first kappa shape index (κ1) is 11.1. The van der Waals surface area contributed by atoms with Crippen molar-refractivity contribution in [2.24, 2.45) is 5.73 Å². The van der Waals surface area contributed by atoms with E-state index in [9.17, 15) is 4.39 Å². The van der Waals surface area contributed by atoms with Gasteiger partial charge in [-0.05, 0) is 24.1 Å². The summed E-state index contributed by atoms with van der Waals surface area (Å²) in [5.41, 5.74) is 6.80. The molecule has 2 nitrogen and oxygen atoms in total. The molecule has 2 unspecified atom stereocenters. The third-order valence-electron chi connectivity index (χ3n) is 2.31. The summed E-state index contributed by atoms with van der Waals surface area (Å²) in [6.07, 6.45) is 0.677. The van der Waals surface area contributed by atoms with E-state index in [4.69, 9.17) is 10.5 Å². The van der Waals surface area contributed by atoms with E-state index in [-0.39, 0.29) is 18.0 Å². The molecule has 1 aromatic carbocycles. The molecule has 0 radical (unpaired) electrons. The van der Waals surface area contributed by atoms with Gasteiger partial charge in [-0.2, -0.15) is 0 Å². The summed E-state index contributed by atoms with van der Waals surface area (Å²) in [6.45, 7) is 2.00. The van der Waals surface area contributed by atoms with Crippen LogP contribution in [0.3, 0.4) is 0 Å². The van der Waals surface area contributed by atoms with Gasteiger partial charge in [-0.25, -0.2) is 4.39 Å². The molecule has 14 heavy (non-hydrogen) atoms. The maximum absolute atomic E-state index is 12.7. The lowest BCUT2D eigenvalue weighted by Gasteiger charge is -2.21. The number of hydrogen-bond donors (Lipinski definition) is 1. The molecule has 0 heterocycles. The normalized spacial score (nSPS) is 15.1. The highest BCUT2D eigenvalue weighted by Gasteiger charge is 2.17. The van der Waals surface area contributed by atoms with Gasteiger partial charge in [0.2, 0.25) is 0 Å². The number of benzene rings is 1. The Morgan fingerprint density at radius 2 is 1.93 bits per heavy atom. The van der Waals surface area contributed by atoms with Crippen LogP contribution < -0.4 is 5.73 Å². The largest absolute Gasteiger partial charge is 0.375 e. The standard InChI is InChI=1S/C11H16FNO/c1-3-10(13)11(14-2)8-4-6-9(12)7-5-8/h4-7,10-11H,3,13H2,1-2H3. The second-order valence-corrected chi connectivity index (χ2v) is 3.28. The zero-order valence-corrected chi connectivity index (χ0v) is 8.53. The second kappa shape index (κ2) is 5.08. The average Bonchev–Trinajstić information content (AvgIpc) is 2.21. The van der Waals surface area contributed by atoms with Crippen LogP contribution in [-0.2, 0) is 4.74 Å². The summed E-state index contributed by atoms with van der Waals surface area (Å²) in [6, 6.07) is 6.20. The van der Waals surface area contributed by atoms with Crippen molar-refractivity contribution in [3.05, 3.63) is 35.6 Å². The molecule has 0 aromatic heterocycles. The van der Waals surface area contributed by atoms with Crippen LogP contribution in [0.5, 0.6) is 0 Å². The molecule has 1 aromatic rings. The maximum Gasteiger partial charge on any atom is 0.123 e. The van der Waals surface area contributed by atoms with Crippen molar-refractivity contribution >= 4 is 0 Å². The Bertz CT molecular complexity index is 273. The molecule has 0 bridgehead atoms. The van der Waals surface area contributed by atoms with E-state index < -0.39 is 0 Å². The smallest absolute Gasteiger partial charge is 0.123 e. The van der Waals surface area contributed by atoms with Crippen LogP contribution in [-0.4, -0.2) is 13.2 Å². The number of hydrogen-bond acceptors (Lipinski definition) is 2. The minimum Gasteiger partial charge on any atom is -0.375 e. The molecule has 78 valence electrons. The summed E-state index contributed by atoms with van der Waals surface area (Å²) in [4.78, 5) is 0. The highest BCUT2D eigenvalue weighted by atomic mass is 19.1. The van der Waals surface area contributed by atoms with E-state index in [1.807, 2.05) is 6.92 Å². The quantitative estimate of drug-likeness (QED) is 0.803. The average molecular weight is 197 g/mol. The molecule has 3 heteroatoms. The molecule has 0 aliphatic carbocycles. The topological polar surface area (TPSA) is 35.2 Å². The van der Waals surface area contributed by atoms with Gasteiger partial charge < -0.3 is 10.5 Å². The van der Waals surface area contributed by atoms with Crippen molar-refractivity contribution in [3.8, 4) is 0 Å². The Labute approximate surface area is 83.9 Å². The first-order chi connectivity index (χ1) is 6.69. The maximum atomic E-state index is 12.7. The van der Waals surface area contributed by atoms with Gasteiger partial charge in [0.1, 0.15) is 5.82 Å². The number of methoxy groups -OCH3 is 1. The van der Waals surface area contributed by atoms with E-state index in [0.29, 0.717) is 0 Å². The first-order valence-electron chi connectivity index (χ1n) is 4.72. The molecule has 1 rings (SSSR count). The minimum atomic E-state index is -0.242. The lowest BCUT2D eigenvalue weighted by molar-refractivity contribution is 0.0790. The fraction of sp³-hybridized carbons (Fsp3) is 0.455. The number of halogens is 1. The summed E-state index contributed by atoms with van der Waals surface area (Å²) in [5, 5.41) is 0. The lowest BCUT2D eigenvalue weighted by Crippen LogP contribution is -2.28. The van der Waals surface area contributed by atoms with Gasteiger partial charge in [0.25, 0.3) is 0 Å². The molecular weight excluding hydrogens is 181 g/mol. The molecular formula is C11H16FNO. The summed E-state index contributed by atoms with van der Waals surface area (Å²) < 4.78 is 17.9. The Balaban J connectivity index is 2.84. The number of nitrogens with two attached hydrogens (primary N) is 1. The van der Waals surface area contributed by atoms with Crippen LogP contribution in [0.4, 0.5) is 4.39 Å². The van der Waals surface area contributed by atoms with Gasteiger partial charge in [-0.15, -0.1) is 0 Å². The molecule has 0 saturated heterocycles. The van der Waals surface area contributed by atoms with Gasteiger partial charge in [-0.1, -0.05) is 19.1 Å². The van der Waals surface area contributed by atoms with Gasteiger partial charge in [0.05, 0.1) is 6.10 Å². The third kappa shape index (κ3) is 2.53. The third-order valence-corrected chi connectivity index (χ3v) is 2.31. The Hall–Kier alpha value is -0.930. The monoisotopic (exact) mass is 197 g/mol. The highest BCUT2D eigenvalue weighted by molar-refractivity contribution is 5.20. The summed E-state index contributed by atoms with van der Waals surface area (Å²) in [5.74, 6) is -0.242. The highest BCUT2D eigenvalue weighted by Crippen LogP contribution is 2.21. The molecule has 0 fully saturated rings. The van der Waals surface area contributed by atoms with Crippen molar-refractivity contribution in [3.63, 3.8) is 0 Å². The molecule has 2 N–H and O–H groups in total. The van der Waals surface area contributed by atoms with Gasteiger partial charge >= 0.3 is 0 Å². The Morgan fingerprint density at radius 3 is 2.36 bits per heavy atom. The van der Waals surface area contributed by atoms with E-state index in [2.05, 4.69) is 0 Å². The van der Waals surface area contributed by atoms with E-state index in [0.717, 1.165) is 12.0 Å². The predicted molar refractivity (Wildman–Crippen MR) is 54.4 cm³/mol. The SMILES string of the molecule is CCC(N)C(OC)c1ccc(F)cc1. The minimum absolute atomic E-state index is 0.0505. The van der Waals surface area contributed by atoms with Crippen LogP contribution in [0.25, 0.3) is 0 Å². The summed E-state index contributed by atoms with van der Waals surface area (Å²) >= 11 is 0. The van der Waals surface area contributed by atoms with E-state index in [1.54, 1.807) is 19.2 Å². The van der Waals surface area contributed by atoms with Crippen LogP contribution >= 0.6 is 0 Å². The van der Waals surface area contributed by atoms with Crippen molar-refractivity contribution < 1.29 is 9.13 Å². The van der Waals surface area contributed by atoms with Gasteiger partial charge in [0.15, 0.2) is 0 Å². The van der Waals surface area contributed by atoms with E-state index in [1.165, 1.54) is 12.1 Å². The Kier molecular flexibility index (Phi) is 4.04. The number of ether oxygens (including phenoxy) is 1. The molecule has 0 spiro atoms. The van der Waals surface area contributed by atoms with Crippen molar-refractivity contribution in [1.29, 1.82) is 0 Å². The van der Waals surface area contributed by atoms with Gasteiger partial charge in [-0.3, -0.25) is 0 Å². The molecule has 0 aliphatic rings. The molecule has 0 saturated carbocycles. The van der Waals surface area contributed by atoms with Crippen molar-refractivity contribution in [2.45, 2.75) is 25.5 Å². The van der Waals surface area contributed by atoms with Crippen molar-refractivity contribution in [1.82, 2.24) is 0 Å². The van der Waals surface area contributed by atoms with Crippen LogP contribution in [0.15, 0.2) is 24.3 Å². The van der Waals surface area contributed by atoms with Gasteiger partial charge in [0, 0.05) is 13.2 Å². The second-order valence-electron chi connectivity index (χ2n) is 3.28. The fourth-order valence-corrected chi connectivity index (χ4v) is 1.42. The first-order valence-corrected chi connectivity index (χ1v) is 4.72. The fourth-order valence-electron chi connectivity index (χ4n) is 1.42. The van der Waals surface area contributed by atoms with Crippen LogP contribution in [0, 0.1) is 5.82 Å². The molecule has 0 amide bonds. The number of rotatable bonds is 4. The lowest BCUT2D eigenvalue weighted by atomic mass is 10.0. The molecule has 2 atom stereocenters. The van der Waals surface area contributed by atoms with E-state index >= 15 is 0 Å².